The molecule has 0 spiro atoms. The summed E-state index contributed by atoms with van der Waals surface area (Å²) in [6.45, 7) is 4.68. The molecule has 1 aliphatic rings. The molecule has 2 aromatic rings. The minimum atomic E-state index is 0.283. The van der Waals surface area contributed by atoms with Crippen LogP contribution in [0.4, 0.5) is 0 Å². The number of rotatable bonds is 2. The van der Waals surface area contributed by atoms with Crippen molar-refractivity contribution in [1.29, 1.82) is 0 Å². The largest absolute Gasteiger partial charge is 0.361 e. The molecule has 1 saturated heterocycles. The van der Waals surface area contributed by atoms with E-state index in [4.69, 9.17) is 9.36 Å². The fourth-order valence-electron chi connectivity index (χ4n) is 2.44. The molecule has 0 amide bonds. The van der Waals surface area contributed by atoms with Gasteiger partial charge >= 0.3 is 0 Å². The molecule has 0 aliphatic carbocycles. The van der Waals surface area contributed by atoms with E-state index in [1.807, 2.05) is 13.8 Å². The van der Waals surface area contributed by atoms with Crippen molar-refractivity contribution in [2.75, 3.05) is 6.61 Å². The van der Waals surface area contributed by atoms with Crippen LogP contribution < -0.4 is 5.48 Å². The molecule has 4 heteroatoms. The van der Waals surface area contributed by atoms with Gasteiger partial charge in [0.25, 0.3) is 0 Å². The van der Waals surface area contributed by atoms with E-state index in [9.17, 15) is 0 Å². The Morgan fingerprint density at radius 2 is 2.22 bits per heavy atom. The SMILES string of the molecule is Cc1noc(C)c1-c1cccc(C2CCON2)c1. The summed E-state index contributed by atoms with van der Waals surface area (Å²) < 4.78 is 5.22. The van der Waals surface area contributed by atoms with Gasteiger partial charge in [0.1, 0.15) is 5.76 Å². The number of nitrogens with zero attached hydrogens (tertiary/aromatic N) is 1. The van der Waals surface area contributed by atoms with Crippen LogP contribution in [0.5, 0.6) is 0 Å². The minimum absolute atomic E-state index is 0.283. The van der Waals surface area contributed by atoms with Crippen molar-refractivity contribution in [3.63, 3.8) is 0 Å². The monoisotopic (exact) mass is 244 g/mol. The Labute approximate surface area is 106 Å². The molecule has 1 fully saturated rings. The maximum absolute atomic E-state index is 5.22. The third-order valence-electron chi connectivity index (χ3n) is 3.35. The van der Waals surface area contributed by atoms with Gasteiger partial charge in [-0.25, -0.2) is 0 Å². The zero-order chi connectivity index (χ0) is 12.5. The molecular weight excluding hydrogens is 228 g/mol. The van der Waals surface area contributed by atoms with E-state index < -0.39 is 0 Å². The number of benzene rings is 1. The first-order valence-corrected chi connectivity index (χ1v) is 6.16. The van der Waals surface area contributed by atoms with E-state index in [-0.39, 0.29) is 6.04 Å². The highest BCUT2D eigenvalue weighted by molar-refractivity contribution is 5.68. The maximum atomic E-state index is 5.22. The summed E-state index contributed by atoms with van der Waals surface area (Å²) in [6, 6.07) is 8.74. The van der Waals surface area contributed by atoms with Crippen LogP contribution in [0.25, 0.3) is 11.1 Å². The Hall–Kier alpha value is -1.65. The zero-order valence-electron chi connectivity index (χ0n) is 10.6. The lowest BCUT2D eigenvalue weighted by Gasteiger charge is -2.10. The van der Waals surface area contributed by atoms with Crippen molar-refractivity contribution in [3.05, 3.63) is 41.3 Å². The Bertz CT molecular complexity index is 537. The first-order valence-electron chi connectivity index (χ1n) is 6.16. The Kier molecular flexibility index (Phi) is 2.89. The van der Waals surface area contributed by atoms with E-state index in [0.29, 0.717) is 0 Å². The van der Waals surface area contributed by atoms with Crippen LogP contribution in [0.1, 0.15) is 29.5 Å². The van der Waals surface area contributed by atoms with Gasteiger partial charge in [-0.2, -0.15) is 5.48 Å². The van der Waals surface area contributed by atoms with Gasteiger partial charge in [-0.3, -0.25) is 0 Å². The van der Waals surface area contributed by atoms with E-state index >= 15 is 0 Å². The molecule has 1 N–H and O–H groups in total. The molecule has 1 atom stereocenters. The average molecular weight is 244 g/mol. The van der Waals surface area contributed by atoms with Crippen LogP contribution in [0, 0.1) is 13.8 Å². The Morgan fingerprint density at radius 3 is 2.89 bits per heavy atom. The fourth-order valence-corrected chi connectivity index (χ4v) is 2.44. The van der Waals surface area contributed by atoms with Gasteiger partial charge in [0, 0.05) is 5.56 Å². The van der Waals surface area contributed by atoms with E-state index in [1.54, 1.807) is 0 Å². The van der Waals surface area contributed by atoms with Gasteiger partial charge in [0.2, 0.25) is 0 Å². The Morgan fingerprint density at radius 1 is 1.33 bits per heavy atom. The van der Waals surface area contributed by atoms with Gasteiger partial charge < -0.3 is 9.36 Å². The highest BCUT2D eigenvalue weighted by Gasteiger charge is 2.18. The van der Waals surface area contributed by atoms with E-state index in [1.165, 1.54) is 5.56 Å². The van der Waals surface area contributed by atoms with Crippen LogP contribution >= 0.6 is 0 Å². The summed E-state index contributed by atoms with van der Waals surface area (Å²) >= 11 is 0. The van der Waals surface area contributed by atoms with E-state index in [2.05, 4.69) is 34.9 Å². The lowest BCUT2D eigenvalue weighted by molar-refractivity contribution is 0.0883. The number of hydrogen-bond donors (Lipinski definition) is 1. The topological polar surface area (TPSA) is 47.3 Å². The second kappa shape index (κ2) is 4.55. The molecule has 0 bridgehead atoms. The van der Waals surface area contributed by atoms with Crippen molar-refractivity contribution in [2.24, 2.45) is 0 Å². The lowest BCUT2D eigenvalue weighted by atomic mass is 9.98. The van der Waals surface area contributed by atoms with Crippen molar-refractivity contribution in [3.8, 4) is 11.1 Å². The van der Waals surface area contributed by atoms with Gasteiger partial charge in [-0.05, 0) is 37.5 Å². The fraction of sp³-hybridized carbons (Fsp3) is 0.357. The molecule has 1 unspecified atom stereocenters. The summed E-state index contributed by atoms with van der Waals surface area (Å²) in [5, 5.41) is 4.00. The molecule has 3 rings (SSSR count). The summed E-state index contributed by atoms with van der Waals surface area (Å²) in [6.07, 6.45) is 1.01. The molecule has 1 aromatic carbocycles. The van der Waals surface area contributed by atoms with Crippen LogP contribution in [0.15, 0.2) is 28.8 Å². The van der Waals surface area contributed by atoms with Crippen LogP contribution in [0.3, 0.4) is 0 Å². The molecule has 2 heterocycles. The molecule has 0 saturated carbocycles. The number of aromatic nitrogens is 1. The zero-order valence-corrected chi connectivity index (χ0v) is 10.6. The normalized spacial score (nSPS) is 19.3. The van der Waals surface area contributed by atoms with Gasteiger partial charge in [-0.15, -0.1) is 0 Å². The summed E-state index contributed by atoms with van der Waals surface area (Å²) in [5.74, 6) is 0.861. The summed E-state index contributed by atoms with van der Waals surface area (Å²) in [4.78, 5) is 5.21. The number of hydrogen-bond acceptors (Lipinski definition) is 4. The molecule has 0 radical (unpaired) electrons. The summed E-state index contributed by atoms with van der Waals surface area (Å²) in [7, 11) is 0. The van der Waals surface area contributed by atoms with Crippen molar-refractivity contribution in [1.82, 2.24) is 10.6 Å². The standard InChI is InChI=1S/C14H16N2O2/c1-9-14(10(2)18-15-9)12-5-3-4-11(8-12)13-6-7-17-16-13/h3-5,8,13,16H,6-7H2,1-2H3. The predicted molar refractivity (Wildman–Crippen MR) is 67.9 cm³/mol. The third-order valence-corrected chi connectivity index (χ3v) is 3.35. The van der Waals surface area contributed by atoms with Crippen molar-refractivity contribution in [2.45, 2.75) is 26.3 Å². The van der Waals surface area contributed by atoms with Crippen LogP contribution in [0.2, 0.25) is 0 Å². The van der Waals surface area contributed by atoms with Crippen molar-refractivity contribution < 1.29 is 9.36 Å². The quantitative estimate of drug-likeness (QED) is 0.882. The smallest absolute Gasteiger partial charge is 0.141 e. The highest BCUT2D eigenvalue weighted by Crippen LogP contribution is 2.30. The lowest BCUT2D eigenvalue weighted by Crippen LogP contribution is -2.11. The first-order chi connectivity index (χ1) is 8.75. The minimum Gasteiger partial charge on any atom is -0.361 e. The number of aryl methyl sites for hydroxylation is 2. The molecule has 4 nitrogen and oxygen atoms in total. The summed E-state index contributed by atoms with van der Waals surface area (Å²) in [5.41, 5.74) is 7.45. The molecule has 94 valence electrons. The van der Waals surface area contributed by atoms with Gasteiger partial charge in [0.15, 0.2) is 0 Å². The highest BCUT2D eigenvalue weighted by atomic mass is 16.7. The molecule has 1 aromatic heterocycles. The predicted octanol–water partition coefficient (Wildman–Crippen LogP) is 2.92. The van der Waals surface area contributed by atoms with Crippen molar-refractivity contribution >= 4 is 0 Å². The van der Waals surface area contributed by atoms with Gasteiger partial charge in [0.05, 0.1) is 18.3 Å². The first kappa shape index (κ1) is 11.4. The molecule has 18 heavy (non-hydrogen) atoms. The van der Waals surface area contributed by atoms with Crippen LogP contribution in [-0.2, 0) is 4.84 Å². The van der Waals surface area contributed by atoms with Crippen LogP contribution in [-0.4, -0.2) is 11.8 Å². The number of nitrogens with one attached hydrogen (secondary N) is 1. The second-order valence-electron chi connectivity index (χ2n) is 4.63. The maximum Gasteiger partial charge on any atom is 0.141 e. The average Bonchev–Trinajstić information content (AvgIpc) is 3.00. The van der Waals surface area contributed by atoms with E-state index in [0.717, 1.165) is 35.6 Å². The van der Waals surface area contributed by atoms with Gasteiger partial charge in [-0.1, -0.05) is 23.4 Å². The third kappa shape index (κ3) is 1.94. The molecular formula is C14H16N2O2. The molecule has 1 aliphatic heterocycles. The number of hydroxylamine groups is 1. The second-order valence-corrected chi connectivity index (χ2v) is 4.63. The Balaban J connectivity index is 2.00.